The molecule has 6 aromatic rings. The Balaban J connectivity index is 1.55. The Morgan fingerprint density at radius 3 is 2.52 bits per heavy atom. The van der Waals surface area contributed by atoms with Crippen molar-refractivity contribution >= 4 is 22.1 Å². The zero-order valence-corrected chi connectivity index (χ0v) is 17.3. The number of aromatic nitrogens is 7. The SMILES string of the molecule is Cc1ccncc1-c1ncc2[nH]nc(-c3nc4nccc(-c5ccc(F)cc5)c4[nH]3)c2c1F. The van der Waals surface area contributed by atoms with Crippen molar-refractivity contribution in [1.82, 2.24) is 35.1 Å². The van der Waals surface area contributed by atoms with Crippen LogP contribution in [0.5, 0.6) is 0 Å². The van der Waals surface area contributed by atoms with Crippen molar-refractivity contribution in [3.8, 4) is 33.9 Å². The van der Waals surface area contributed by atoms with E-state index in [0.29, 0.717) is 33.8 Å². The zero-order chi connectivity index (χ0) is 22.5. The van der Waals surface area contributed by atoms with E-state index >= 15 is 4.39 Å². The van der Waals surface area contributed by atoms with Crippen LogP contribution in [-0.4, -0.2) is 35.1 Å². The Bertz CT molecular complexity index is 1650. The van der Waals surface area contributed by atoms with E-state index in [4.69, 9.17) is 0 Å². The lowest BCUT2D eigenvalue weighted by Crippen LogP contribution is -1.94. The van der Waals surface area contributed by atoms with Crippen molar-refractivity contribution in [2.24, 2.45) is 0 Å². The van der Waals surface area contributed by atoms with E-state index in [0.717, 1.165) is 16.7 Å². The van der Waals surface area contributed by atoms with Crippen molar-refractivity contribution in [1.29, 1.82) is 0 Å². The summed E-state index contributed by atoms with van der Waals surface area (Å²) in [6.45, 7) is 1.88. The van der Waals surface area contributed by atoms with Gasteiger partial charge < -0.3 is 4.98 Å². The van der Waals surface area contributed by atoms with Crippen molar-refractivity contribution < 1.29 is 8.78 Å². The van der Waals surface area contributed by atoms with Gasteiger partial charge in [-0.3, -0.25) is 15.1 Å². The summed E-state index contributed by atoms with van der Waals surface area (Å²) >= 11 is 0. The number of imidazole rings is 1. The molecule has 0 unspecified atom stereocenters. The van der Waals surface area contributed by atoms with Crippen LogP contribution in [0.15, 0.2) is 61.2 Å². The summed E-state index contributed by atoms with van der Waals surface area (Å²) in [4.78, 5) is 20.5. The predicted molar refractivity (Wildman–Crippen MR) is 120 cm³/mol. The van der Waals surface area contributed by atoms with Crippen LogP contribution >= 0.6 is 0 Å². The highest BCUT2D eigenvalue weighted by Crippen LogP contribution is 2.34. The molecule has 160 valence electrons. The van der Waals surface area contributed by atoms with Crippen LogP contribution < -0.4 is 0 Å². The van der Waals surface area contributed by atoms with E-state index in [-0.39, 0.29) is 16.9 Å². The zero-order valence-electron chi connectivity index (χ0n) is 17.3. The summed E-state index contributed by atoms with van der Waals surface area (Å²) in [6, 6.07) is 9.77. The number of rotatable bonds is 3. The van der Waals surface area contributed by atoms with Crippen LogP contribution in [0.2, 0.25) is 0 Å². The molecule has 0 amide bonds. The second kappa shape index (κ2) is 7.27. The van der Waals surface area contributed by atoms with Crippen molar-refractivity contribution in [2.75, 3.05) is 0 Å². The van der Waals surface area contributed by atoms with Gasteiger partial charge in [0.25, 0.3) is 0 Å². The number of fused-ring (bicyclic) bond motifs is 2. The van der Waals surface area contributed by atoms with Crippen molar-refractivity contribution in [3.63, 3.8) is 0 Å². The third-order valence-electron chi connectivity index (χ3n) is 5.61. The van der Waals surface area contributed by atoms with Gasteiger partial charge in [0.1, 0.15) is 17.2 Å². The van der Waals surface area contributed by atoms with E-state index < -0.39 is 5.82 Å². The van der Waals surface area contributed by atoms with Gasteiger partial charge in [-0.25, -0.2) is 18.7 Å². The van der Waals surface area contributed by atoms with E-state index in [2.05, 4.69) is 35.1 Å². The van der Waals surface area contributed by atoms with Crippen LogP contribution in [0.25, 0.3) is 56.0 Å². The van der Waals surface area contributed by atoms with Crippen LogP contribution in [0.1, 0.15) is 5.56 Å². The molecule has 5 aromatic heterocycles. The molecule has 0 radical (unpaired) electrons. The molecule has 0 fully saturated rings. The first-order chi connectivity index (χ1) is 16.1. The number of H-pyrrole nitrogens is 2. The number of hydrogen-bond acceptors (Lipinski definition) is 5. The maximum atomic E-state index is 15.7. The fourth-order valence-electron chi connectivity index (χ4n) is 3.94. The minimum absolute atomic E-state index is 0.192. The fourth-order valence-corrected chi connectivity index (χ4v) is 3.94. The maximum absolute atomic E-state index is 15.7. The third-order valence-corrected chi connectivity index (χ3v) is 5.61. The molecule has 7 nitrogen and oxygen atoms in total. The number of aromatic amines is 2. The Labute approximate surface area is 185 Å². The van der Waals surface area contributed by atoms with E-state index in [9.17, 15) is 4.39 Å². The molecular weight excluding hydrogens is 424 g/mol. The van der Waals surface area contributed by atoms with Gasteiger partial charge in [-0.1, -0.05) is 12.1 Å². The molecule has 0 saturated heterocycles. The highest BCUT2D eigenvalue weighted by molar-refractivity contribution is 5.97. The van der Waals surface area contributed by atoms with Gasteiger partial charge in [0, 0.05) is 29.7 Å². The summed E-state index contributed by atoms with van der Waals surface area (Å²) < 4.78 is 29.1. The van der Waals surface area contributed by atoms with Crippen molar-refractivity contribution in [2.45, 2.75) is 6.92 Å². The summed E-state index contributed by atoms with van der Waals surface area (Å²) in [6.07, 6.45) is 6.41. The van der Waals surface area contributed by atoms with Crippen LogP contribution in [-0.2, 0) is 0 Å². The number of pyridine rings is 3. The predicted octanol–water partition coefficient (Wildman–Crippen LogP) is 5.21. The lowest BCUT2D eigenvalue weighted by atomic mass is 10.1. The molecule has 1 aromatic carbocycles. The van der Waals surface area contributed by atoms with Crippen LogP contribution in [0.4, 0.5) is 8.78 Å². The molecule has 33 heavy (non-hydrogen) atoms. The van der Waals surface area contributed by atoms with Gasteiger partial charge in [-0.2, -0.15) is 5.10 Å². The topological polar surface area (TPSA) is 96.0 Å². The molecule has 0 spiro atoms. The summed E-state index contributed by atoms with van der Waals surface area (Å²) in [5.41, 5.74) is 5.11. The molecule has 5 heterocycles. The molecule has 6 rings (SSSR count). The number of aryl methyl sites for hydroxylation is 1. The molecular formula is C24H15F2N7. The summed E-state index contributed by atoms with van der Waals surface area (Å²) in [5.74, 6) is -0.474. The monoisotopic (exact) mass is 439 g/mol. The molecule has 2 N–H and O–H groups in total. The number of halogens is 2. The highest BCUT2D eigenvalue weighted by Gasteiger charge is 2.22. The van der Waals surface area contributed by atoms with E-state index in [1.165, 1.54) is 12.1 Å². The van der Waals surface area contributed by atoms with Crippen molar-refractivity contribution in [3.05, 3.63) is 78.4 Å². The Hall–Kier alpha value is -4.53. The van der Waals surface area contributed by atoms with Gasteiger partial charge in [0.15, 0.2) is 17.3 Å². The standard InChI is InChI=1S/C24H15F2N7/c1-12-6-8-27-10-16(12)20-19(26)18-17(11-29-20)32-33-22(18)24-30-21-15(7-9-28-23(21)31-24)13-2-4-14(25)5-3-13/h2-11H,1H3,(H,32,33)(H,28,30,31). The average molecular weight is 439 g/mol. The van der Waals surface area contributed by atoms with Gasteiger partial charge in [-0.15, -0.1) is 0 Å². The van der Waals surface area contributed by atoms with Gasteiger partial charge in [0.2, 0.25) is 0 Å². The Morgan fingerprint density at radius 1 is 0.848 bits per heavy atom. The number of benzene rings is 1. The largest absolute Gasteiger partial charge is 0.335 e. The molecule has 0 bridgehead atoms. The lowest BCUT2D eigenvalue weighted by Gasteiger charge is -2.06. The molecule has 0 aliphatic heterocycles. The highest BCUT2D eigenvalue weighted by atomic mass is 19.1. The normalized spacial score (nSPS) is 11.5. The van der Waals surface area contributed by atoms with E-state index in [1.54, 1.807) is 43.0 Å². The minimum Gasteiger partial charge on any atom is -0.335 e. The second-order valence-corrected chi connectivity index (χ2v) is 7.62. The second-order valence-electron chi connectivity index (χ2n) is 7.62. The fraction of sp³-hybridized carbons (Fsp3) is 0.0417. The average Bonchev–Trinajstić information content (AvgIpc) is 3.45. The van der Waals surface area contributed by atoms with Crippen LogP contribution in [0, 0.1) is 18.6 Å². The minimum atomic E-state index is -0.514. The number of hydrogen-bond donors (Lipinski definition) is 2. The first kappa shape index (κ1) is 19.2. The van der Waals surface area contributed by atoms with Gasteiger partial charge in [0.05, 0.1) is 22.6 Å². The van der Waals surface area contributed by atoms with Gasteiger partial charge >= 0.3 is 0 Å². The Kier molecular flexibility index (Phi) is 4.22. The molecule has 0 atom stereocenters. The molecule has 0 aliphatic rings. The first-order valence-electron chi connectivity index (χ1n) is 10.1. The number of nitrogens with one attached hydrogen (secondary N) is 2. The first-order valence-corrected chi connectivity index (χ1v) is 10.1. The van der Waals surface area contributed by atoms with Gasteiger partial charge in [-0.05, 0) is 42.3 Å². The van der Waals surface area contributed by atoms with Crippen LogP contribution in [0.3, 0.4) is 0 Å². The lowest BCUT2D eigenvalue weighted by molar-refractivity contribution is 0.628. The smallest absolute Gasteiger partial charge is 0.178 e. The summed E-state index contributed by atoms with van der Waals surface area (Å²) in [5, 5.41) is 7.40. The maximum Gasteiger partial charge on any atom is 0.178 e. The van der Waals surface area contributed by atoms with E-state index in [1.807, 2.05) is 13.0 Å². The molecule has 9 heteroatoms. The number of nitrogens with zero attached hydrogens (tertiary/aromatic N) is 5. The molecule has 0 saturated carbocycles. The summed E-state index contributed by atoms with van der Waals surface area (Å²) in [7, 11) is 0. The molecule has 0 aliphatic carbocycles. The quantitative estimate of drug-likeness (QED) is 0.395. The Morgan fingerprint density at radius 2 is 1.70 bits per heavy atom. The third kappa shape index (κ3) is 3.05.